The molecule has 2 aliphatic heterocycles. The van der Waals surface area contributed by atoms with Gasteiger partial charge in [0.25, 0.3) is 0 Å². The van der Waals surface area contributed by atoms with E-state index in [1.165, 1.54) is 17.8 Å². The van der Waals surface area contributed by atoms with Gasteiger partial charge in [0.15, 0.2) is 17.0 Å². The summed E-state index contributed by atoms with van der Waals surface area (Å²) in [5.74, 6) is -0.627. The summed E-state index contributed by atoms with van der Waals surface area (Å²) in [5, 5.41) is 5.37. The Morgan fingerprint density at radius 2 is 2.06 bits per heavy atom. The fourth-order valence-electron chi connectivity index (χ4n) is 4.90. The van der Waals surface area contributed by atoms with Crippen LogP contribution in [0.5, 0.6) is 0 Å². The molecule has 6 nitrogen and oxygen atoms in total. The number of nitrogens with zero attached hydrogens (tertiary/aromatic N) is 4. The minimum absolute atomic E-state index is 0.117. The topological polar surface area (TPSA) is 59.7 Å². The zero-order chi connectivity index (χ0) is 23.2. The Balaban J connectivity index is 1.43. The molecule has 33 heavy (non-hydrogen) atoms. The van der Waals surface area contributed by atoms with Gasteiger partial charge in [0.2, 0.25) is 0 Å². The highest BCUT2D eigenvalue weighted by atomic mass is 35.5. The number of hydrogen-bond acceptors (Lipinski definition) is 6. The predicted molar refractivity (Wildman–Crippen MR) is 119 cm³/mol. The second-order valence-electron chi connectivity index (χ2n) is 8.50. The van der Waals surface area contributed by atoms with E-state index in [1.54, 1.807) is 17.5 Å². The lowest BCUT2D eigenvalue weighted by atomic mass is 9.84. The Kier molecular flexibility index (Phi) is 6.09. The first kappa shape index (κ1) is 22.6. The Morgan fingerprint density at radius 1 is 1.24 bits per heavy atom. The van der Waals surface area contributed by atoms with Gasteiger partial charge in [0.05, 0.1) is 17.2 Å². The molecule has 3 aromatic rings. The molecule has 3 aromatic heterocycles. The Bertz CT molecular complexity index is 1160. The quantitative estimate of drug-likeness (QED) is 0.441. The number of aromatic nitrogens is 3. The van der Waals surface area contributed by atoms with E-state index in [4.69, 9.17) is 16.3 Å². The maximum atomic E-state index is 13.8. The number of alkyl halides is 3. The van der Waals surface area contributed by atoms with E-state index in [-0.39, 0.29) is 34.6 Å². The van der Waals surface area contributed by atoms with Crippen LogP contribution < -0.4 is 0 Å². The van der Waals surface area contributed by atoms with Gasteiger partial charge >= 0.3 is 12.1 Å². The van der Waals surface area contributed by atoms with Gasteiger partial charge in [-0.2, -0.15) is 18.3 Å². The number of piperidine rings is 2. The van der Waals surface area contributed by atoms with Crippen LogP contribution >= 0.6 is 22.9 Å². The van der Waals surface area contributed by atoms with Gasteiger partial charge in [0.1, 0.15) is 5.02 Å². The predicted octanol–water partition coefficient (Wildman–Crippen LogP) is 5.55. The maximum Gasteiger partial charge on any atom is 0.433 e. The average molecular weight is 499 g/mol. The largest absolute Gasteiger partial charge is 0.461 e. The average Bonchev–Trinajstić information content (AvgIpc) is 3.45. The Hall–Kier alpha value is -2.17. The van der Waals surface area contributed by atoms with Crippen molar-refractivity contribution in [1.82, 2.24) is 19.5 Å². The molecule has 0 radical (unpaired) electrons. The first-order chi connectivity index (χ1) is 15.8. The van der Waals surface area contributed by atoms with Gasteiger partial charge in [-0.3, -0.25) is 4.90 Å². The molecule has 5 heterocycles. The summed E-state index contributed by atoms with van der Waals surface area (Å²) in [5.41, 5.74) is -1.51. The van der Waals surface area contributed by atoms with Gasteiger partial charge < -0.3 is 4.74 Å². The van der Waals surface area contributed by atoms with Crippen LogP contribution in [0.2, 0.25) is 5.02 Å². The lowest BCUT2D eigenvalue weighted by molar-refractivity contribution is -0.142. The van der Waals surface area contributed by atoms with Crippen molar-refractivity contribution in [2.75, 3.05) is 19.7 Å². The number of fused-ring (bicyclic) bond motifs is 2. The highest BCUT2D eigenvalue weighted by Gasteiger charge is 2.38. The van der Waals surface area contributed by atoms with Crippen LogP contribution in [-0.4, -0.2) is 51.2 Å². The molecule has 0 spiro atoms. The van der Waals surface area contributed by atoms with E-state index in [1.807, 2.05) is 0 Å². The zero-order valence-corrected chi connectivity index (χ0v) is 19.2. The standard InChI is InChI=1S/C22H22ClF3N4O2S/c23-18-19(21(31)32-12-13-5-3-9-29-8-2-1-6-15(13)29)28-30-17(22(24,25)26)11-14(27-20(18)30)16-7-4-10-33-16/h4,7,10-11,13,15H,1-3,5-6,8-9,12H2. The van der Waals surface area contributed by atoms with Crippen molar-refractivity contribution in [1.29, 1.82) is 0 Å². The van der Waals surface area contributed by atoms with Crippen LogP contribution in [0, 0.1) is 5.92 Å². The summed E-state index contributed by atoms with van der Waals surface area (Å²) in [6.45, 7) is 2.32. The van der Waals surface area contributed by atoms with E-state index in [9.17, 15) is 18.0 Å². The summed E-state index contributed by atoms with van der Waals surface area (Å²) in [6.07, 6.45) is 0.692. The lowest BCUT2D eigenvalue weighted by Gasteiger charge is -2.44. The van der Waals surface area contributed by atoms with E-state index in [2.05, 4.69) is 15.0 Å². The smallest absolute Gasteiger partial charge is 0.433 e. The fourth-order valence-corrected chi connectivity index (χ4v) is 5.82. The third kappa shape index (κ3) is 4.36. The second kappa shape index (κ2) is 8.88. The SMILES string of the molecule is O=C(OCC1CCCN2CCCCC12)c1nn2c(C(F)(F)F)cc(-c3cccs3)nc2c1Cl. The van der Waals surface area contributed by atoms with Crippen molar-refractivity contribution in [3.05, 3.63) is 40.0 Å². The van der Waals surface area contributed by atoms with Gasteiger partial charge in [-0.1, -0.05) is 24.1 Å². The zero-order valence-electron chi connectivity index (χ0n) is 17.6. The number of carbonyl (C=O) groups is 1. The Morgan fingerprint density at radius 3 is 2.82 bits per heavy atom. The number of rotatable bonds is 4. The number of esters is 1. The summed E-state index contributed by atoms with van der Waals surface area (Å²) in [7, 11) is 0. The van der Waals surface area contributed by atoms with E-state index in [0.29, 0.717) is 15.4 Å². The molecule has 2 fully saturated rings. The molecule has 0 aromatic carbocycles. The van der Waals surface area contributed by atoms with Crippen LogP contribution in [0.1, 0.15) is 48.3 Å². The Labute approximate surface area is 197 Å². The molecule has 0 saturated carbocycles. The molecular weight excluding hydrogens is 477 g/mol. The van der Waals surface area contributed by atoms with Crippen molar-refractivity contribution in [2.24, 2.45) is 5.92 Å². The van der Waals surface area contributed by atoms with Crippen LogP contribution in [-0.2, 0) is 10.9 Å². The molecule has 2 unspecified atom stereocenters. The van der Waals surface area contributed by atoms with Crippen LogP contribution in [0.4, 0.5) is 13.2 Å². The second-order valence-corrected chi connectivity index (χ2v) is 9.83. The van der Waals surface area contributed by atoms with Crippen molar-refractivity contribution >= 4 is 34.6 Å². The van der Waals surface area contributed by atoms with Crippen LogP contribution in [0.3, 0.4) is 0 Å². The molecular formula is C22H22ClF3N4O2S. The van der Waals surface area contributed by atoms with Gasteiger partial charge in [0, 0.05) is 12.0 Å². The monoisotopic (exact) mass is 498 g/mol. The van der Waals surface area contributed by atoms with Crippen molar-refractivity contribution < 1.29 is 22.7 Å². The molecule has 2 saturated heterocycles. The molecule has 2 aliphatic rings. The summed E-state index contributed by atoms with van der Waals surface area (Å²) >= 11 is 7.58. The number of ether oxygens (including phenoxy) is 1. The van der Waals surface area contributed by atoms with Crippen LogP contribution in [0.25, 0.3) is 16.2 Å². The number of hydrogen-bond donors (Lipinski definition) is 0. The first-order valence-electron chi connectivity index (χ1n) is 10.9. The van der Waals surface area contributed by atoms with Crippen molar-refractivity contribution in [3.8, 4) is 10.6 Å². The molecule has 5 rings (SSSR count). The molecule has 0 N–H and O–H groups in total. The molecule has 11 heteroatoms. The van der Waals surface area contributed by atoms with Crippen molar-refractivity contribution in [2.45, 2.75) is 44.3 Å². The van der Waals surface area contributed by atoms with Gasteiger partial charge in [-0.25, -0.2) is 14.3 Å². The van der Waals surface area contributed by atoms with Gasteiger partial charge in [-0.05, 0) is 56.3 Å². The number of halogens is 4. The summed E-state index contributed by atoms with van der Waals surface area (Å²) in [4.78, 5) is 20.1. The van der Waals surface area contributed by atoms with Crippen molar-refractivity contribution in [3.63, 3.8) is 0 Å². The number of carbonyl (C=O) groups excluding carboxylic acids is 1. The van der Waals surface area contributed by atoms with E-state index in [0.717, 1.165) is 44.8 Å². The maximum absolute atomic E-state index is 13.8. The molecule has 2 atom stereocenters. The van der Waals surface area contributed by atoms with E-state index < -0.39 is 17.8 Å². The molecule has 176 valence electrons. The third-order valence-electron chi connectivity index (χ3n) is 6.45. The third-order valence-corrected chi connectivity index (χ3v) is 7.69. The molecule has 0 bridgehead atoms. The van der Waals surface area contributed by atoms with E-state index >= 15 is 0 Å². The first-order valence-corrected chi connectivity index (χ1v) is 12.2. The van der Waals surface area contributed by atoms with Crippen LogP contribution in [0.15, 0.2) is 23.6 Å². The summed E-state index contributed by atoms with van der Waals surface area (Å²) < 4.78 is 47.4. The molecule has 0 amide bonds. The highest BCUT2D eigenvalue weighted by molar-refractivity contribution is 7.13. The van der Waals surface area contributed by atoms with Gasteiger partial charge in [-0.15, -0.1) is 11.3 Å². The lowest BCUT2D eigenvalue weighted by Crippen LogP contribution is -2.49. The number of thiophene rings is 1. The minimum Gasteiger partial charge on any atom is -0.461 e. The normalized spacial score (nSPS) is 21.8. The minimum atomic E-state index is -4.71. The molecule has 0 aliphatic carbocycles. The summed E-state index contributed by atoms with van der Waals surface area (Å²) in [6, 6.07) is 4.68. The highest BCUT2D eigenvalue weighted by Crippen LogP contribution is 2.36. The fraction of sp³-hybridized carbons (Fsp3) is 0.500.